The number of nitrogens with zero attached hydrogens (tertiary/aromatic N) is 1. The SMILES string of the molecule is CNCc1cccn1Cc1ccc(Cl)s1. The molecule has 0 unspecified atom stereocenters. The standard InChI is InChI=1S/C11H13ClN2S/c1-13-7-9-3-2-6-14(9)8-10-4-5-11(12)15-10/h2-6,13H,7-8H2,1H3. The Balaban J connectivity index is 2.13. The van der Waals surface area contributed by atoms with Crippen LogP contribution < -0.4 is 5.32 Å². The average molecular weight is 241 g/mol. The molecular weight excluding hydrogens is 228 g/mol. The second-order valence-electron chi connectivity index (χ2n) is 3.36. The van der Waals surface area contributed by atoms with Crippen LogP contribution in [0.5, 0.6) is 0 Å². The van der Waals surface area contributed by atoms with Crippen molar-refractivity contribution in [1.29, 1.82) is 0 Å². The van der Waals surface area contributed by atoms with Gasteiger partial charge in [-0.3, -0.25) is 0 Å². The summed E-state index contributed by atoms with van der Waals surface area (Å²) in [5.41, 5.74) is 1.29. The molecule has 0 aliphatic heterocycles. The first-order valence-corrected chi connectivity index (χ1v) is 6.02. The van der Waals surface area contributed by atoms with E-state index in [0.717, 1.165) is 17.4 Å². The smallest absolute Gasteiger partial charge is 0.0931 e. The number of rotatable bonds is 4. The molecule has 2 nitrogen and oxygen atoms in total. The van der Waals surface area contributed by atoms with Crippen LogP contribution in [0.4, 0.5) is 0 Å². The molecular formula is C11H13ClN2S. The molecule has 0 atom stereocenters. The zero-order valence-electron chi connectivity index (χ0n) is 8.53. The summed E-state index contributed by atoms with van der Waals surface area (Å²) in [7, 11) is 1.96. The maximum Gasteiger partial charge on any atom is 0.0931 e. The third kappa shape index (κ3) is 2.62. The monoisotopic (exact) mass is 240 g/mol. The highest BCUT2D eigenvalue weighted by Crippen LogP contribution is 2.22. The van der Waals surface area contributed by atoms with E-state index in [9.17, 15) is 0 Å². The predicted octanol–water partition coefficient (Wildman–Crippen LogP) is 2.97. The van der Waals surface area contributed by atoms with Crippen LogP contribution >= 0.6 is 22.9 Å². The normalized spacial score (nSPS) is 10.8. The van der Waals surface area contributed by atoms with Crippen molar-refractivity contribution in [2.75, 3.05) is 7.05 Å². The minimum atomic E-state index is 0.854. The van der Waals surface area contributed by atoms with E-state index in [1.54, 1.807) is 11.3 Å². The first kappa shape index (κ1) is 10.7. The summed E-state index contributed by atoms with van der Waals surface area (Å²) in [6, 6.07) is 8.23. The molecule has 4 heteroatoms. The molecule has 0 aliphatic carbocycles. The van der Waals surface area contributed by atoms with Gasteiger partial charge in [0.15, 0.2) is 0 Å². The maximum atomic E-state index is 5.90. The summed E-state index contributed by atoms with van der Waals surface area (Å²) >= 11 is 7.54. The van der Waals surface area contributed by atoms with E-state index in [2.05, 4.69) is 34.3 Å². The predicted molar refractivity (Wildman–Crippen MR) is 65.6 cm³/mol. The van der Waals surface area contributed by atoms with E-state index in [4.69, 9.17) is 11.6 Å². The number of thiophene rings is 1. The van der Waals surface area contributed by atoms with Crippen molar-refractivity contribution in [2.24, 2.45) is 0 Å². The molecule has 0 radical (unpaired) electrons. The summed E-state index contributed by atoms with van der Waals surface area (Å²) in [6.45, 7) is 1.80. The van der Waals surface area contributed by atoms with Gasteiger partial charge in [0.25, 0.3) is 0 Å². The second kappa shape index (κ2) is 4.84. The van der Waals surface area contributed by atoms with Crippen LogP contribution in [-0.4, -0.2) is 11.6 Å². The summed E-state index contributed by atoms with van der Waals surface area (Å²) in [4.78, 5) is 1.29. The lowest BCUT2D eigenvalue weighted by Crippen LogP contribution is -2.10. The summed E-state index contributed by atoms with van der Waals surface area (Å²) < 4.78 is 3.09. The first-order chi connectivity index (χ1) is 7.29. The van der Waals surface area contributed by atoms with Crippen LogP contribution in [0.1, 0.15) is 10.6 Å². The lowest BCUT2D eigenvalue weighted by Gasteiger charge is -2.06. The highest BCUT2D eigenvalue weighted by Gasteiger charge is 2.02. The Morgan fingerprint density at radius 3 is 2.93 bits per heavy atom. The maximum absolute atomic E-state index is 5.90. The van der Waals surface area contributed by atoms with Gasteiger partial charge in [0, 0.05) is 23.3 Å². The summed E-state index contributed by atoms with van der Waals surface area (Å²) in [6.07, 6.45) is 2.10. The fourth-order valence-corrected chi connectivity index (χ4v) is 2.64. The van der Waals surface area contributed by atoms with Gasteiger partial charge in [0.1, 0.15) is 0 Å². The average Bonchev–Trinajstić information content (AvgIpc) is 2.78. The van der Waals surface area contributed by atoms with Crippen molar-refractivity contribution < 1.29 is 0 Å². The third-order valence-corrected chi connectivity index (χ3v) is 3.45. The molecule has 0 bridgehead atoms. The number of hydrogen-bond acceptors (Lipinski definition) is 2. The molecule has 0 spiro atoms. The molecule has 2 heterocycles. The zero-order valence-corrected chi connectivity index (χ0v) is 10.1. The Morgan fingerprint density at radius 1 is 1.40 bits per heavy atom. The quantitative estimate of drug-likeness (QED) is 0.870. The van der Waals surface area contributed by atoms with Crippen molar-refractivity contribution in [2.45, 2.75) is 13.1 Å². The van der Waals surface area contributed by atoms with Crippen LogP contribution in [0.25, 0.3) is 0 Å². The van der Waals surface area contributed by atoms with E-state index < -0.39 is 0 Å². The summed E-state index contributed by atoms with van der Waals surface area (Å²) in [5, 5.41) is 3.16. The molecule has 2 aromatic heterocycles. The molecule has 0 saturated heterocycles. The fourth-order valence-electron chi connectivity index (χ4n) is 1.55. The van der Waals surface area contributed by atoms with E-state index in [1.807, 2.05) is 13.1 Å². The van der Waals surface area contributed by atoms with Crippen molar-refractivity contribution in [3.8, 4) is 0 Å². The fraction of sp³-hybridized carbons (Fsp3) is 0.273. The van der Waals surface area contributed by atoms with Crippen LogP contribution in [0.2, 0.25) is 4.34 Å². The Bertz CT molecular complexity index is 433. The molecule has 1 N–H and O–H groups in total. The van der Waals surface area contributed by atoms with E-state index in [0.29, 0.717) is 0 Å². The molecule has 2 rings (SSSR count). The number of hydrogen-bond donors (Lipinski definition) is 1. The van der Waals surface area contributed by atoms with Gasteiger partial charge >= 0.3 is 0 Å². The summed E-state index contributed by atoms with van der Waals surface area (Å²) in [5.74, 6) is 0. The third-order valence-electron chi connectivity index (χ3n) is 2.24. The molecule has 0 fully saturated rings. The van der Waals surface area contributed by atoms with Gasteiger partial charge in [-0.15, -0.1) is 11.3 Å². The van der Waals surface area contributed by atoms with Crippen molar-refractivity contribution >= 4 is 22.9 Å². The Labute approximate surface area is 98.5 Å². The van der Waals surface area contributed by atoms with E-state index in [1.165, 1.54) is 10.6 Å². The van der Waals surface area contributed by atoms with Crippen LogP contribution in [-0.2, 0) is 13.1 Å². The van der Waals surface area contributed by atoms with Crippen LogP contribution in [0.3, 0.4) is 0 Å². The number of aromatic nitrogens is 1. The van der Waals surface area contributed by atoms with Crippen LogP contribution in [0.15, 0.2) is 30.5 Å². The highest BCUT2D eigenvalue weighted by molar-refractivity contribution is 7.16. The Kier molecular flexibility index (Phi) is 3.46. The molecule has 0 saturated carbocycles. The largest absolute Gasteiger partial charge is 0.345 e. The van der Waals surface area contributed by atoms with E-state index in [-0.39, 0.29) is 0 Å². The molecule has 0 amide bonds. The first-order valence-electron chi connectivity index (χ1n) is 4.82. The molecule has 15 heavy (non-hydrogen) atoms. The van der Waals surface area contributed by atoms with Gasteiger partial charge in [-0.25, -0.2) is 0 Å². The molecule has 2 aromatic rings. The molecule has 0 aromatic carbocycles. The van der Waals surface area contributed by atoms with Gasteiger partial charge < -0.3 is 9.88 Å². The number of halogens is 1. The Morgan fingerprint density at radius 2 is 2.27 bits per heavy atom. The van der Waals surface area contributed by atoms with Gasteiger partial charge in [-0.05, 0) is 31.3 Å². The van der Waals surface area contributed by atoms with Gasteiger partial charge in [0.05, 0.1) is 10.9 Å². The highest BCUT2D eigenvalue weighted by atomic mass is 35.5. The van der Waals surface area contributed by atoms with Gasteiger partial charge in [0.2, 0.25) is 0 Å². The lowest BCUT2D eigenvalue weighted by atomic mass is 10.4. The minimum Gasteiger partial charge on any atom is -0.345 e. The Hall–Kier alpha value is -0.770. The van der Waals surface area contributed by atoms with Crippen molar-refractivity contribution in [3.05, 3.63) is 45.4 Å². The molecule has 80 valence electrons. The van der Waals surface area contributed by atoms with Gasteiger partial charge in [-0.1, -0.05) is 11.6 Å². The van der Waals surface area contributed by atoms with Crippen molar-refractivity contribution in [3.63, 3.8) is 0 Å². The number of nitrogens with one attached hydrogen (secondary N) is 1. The second-order valence-corrected chi connectivity index (χ2v) is 5.16. The van der Waals surface area contributed by atoms with Crippen LogP contribution in [0, 0.1) is 0 Å². The molecule has 0 aliphatic rings. The van der Waals surface area contributed by atoms with E-state index >= 15 is 0 Å². The topological polar surface area (TPSA) is 17.0 Å². The van der Waals surface area contributed by atoms with Crippen molar-refractivity contribution in [1.82, 2.24) is 9.88 Å². The minimum absolute atomic E-state index is 0.854. The van der Waals surface area contributed by atoms with Gasteiger partial charge in [-0.2, -0.15) is 0 Å². The lowest BCUT2D eigenvalue weighted by molar-refractivity contribution is 0.699. The zero-order chi connectivity index (χ0) is 10.7.